The van der Waals surface area contributed by atoms with Crippen molar-refractivity contribution in [3.63, 3.8) is 0 Å². The zero-order valence-corrected chi connectivity index (χ0v) is 15.5. The van der Waals surface area contributed by atoms with Crippen molar-refractivity contribution in [2.45, 2.75) is 13.5 Å². The van der Waals surface area contributed by atoms with Gasteiger partial charge in [-0.05, 0) is 59.9 Å². The highest BCUT2D eigenvalue weighted by molar-refractivity contribution is 14.1. The van der Waals surface area contributed by atoms with Gasteiger partial charge in [-0.2, -0.15) is 0 Å². The molecule has 0 fully saturated rings. The maximum absolute atomic E-state index is 12.5. The predicted octanol–water partition coefficient (Wildman–Crippen LogP) is 2.77. The van der Waals surface area contributed by atoms with Crippen LogP contribution in [0.2, 0.25) is 0 Å². The summed E-state index contributed by atoms with van der Waals surface area (Å²) in [6, 6.07) is 10.6. The minimum atomic E-state index is -0.392. The molecule has 0 atom stereocenters. The first kappa shape index (κ1) is 17.2. The summed E-state index contributed by atoms with van der Waals surface area (Å²) >= 11 is 2.05. The number of furan rings is 1. The van der Waals surface area contributed by atoms with Gasteiger partial charge in [0.2, 0.25) is 5.95 Å². The van der Waals surface area contributed by atoms with Crippen LogP contribution in [0.1, 0.15) is 12.7 Å². The van der Waals surface area contributed by atoms with Crippen molar-refractivity contribution in [2.24, 2.45) is 0 Å². The van der Waals surface area contributed by atoms with E-state index in [1.807, 2.05) is 29.5 Å². The lowest BCUT2D eigenvalue weighted by molar-refractivity contribution is -0.116. The Kier molecular flexibility index (Phi) is 5.17. The maximum Gasteiger partial charge on any atom is 0.262 e. The molecule has 128 valence electrons. The first-order valence-corrected chi connectivity index (χ1v) is 8.65. The average Bonchev–Trinajstić information content (AvgIpc) is 3.03. The summed E-state index contributed by atoms with van der Waals surface area (Å²) in [4.78, 5) is 28.8. The Hall–Kier alpha value is -2.62. The third-order valence-electron chi connectivity index (χ3n) is 3.47. The van der Waals surface area contributed by atoms with Crippen molar-refractivity contribution >= 4 is 51.4 Å². The van der Waals surface area contributed by atoms with Gasteiger partial charge in [-0.1, -0.05) is 12.1 Å². The minimum absolute atomic E-state index is 0.162. The average molecular weight is 450 g/mol. The third kappa shape index (κ3) is 3.90. The Balaban J connectivity index is 1.77. The number of hydrogen-bond acceptors (Lipinski definition) is 5. The zero-order valence-electron chi connectivity index (χ0n) is 13.3. The van der Waals surface area contributed by atoms with E-state index in [2.05, 4.69) is 15.8 Å². The van der Waals surface area contributed by atoms with Crippen LogP contribution in [-0.4, -0.2) is 15.5 Å². The lowest BCUT2D eigenvalue weighted by Gasteiger charge is -2.13. The standard InChI is InChI=1S/C17H15IN4O3/c1-2-22-16(24)12-5-3-4-6-13(12)19-17(22)21-20-15(23)10-8-11-7-9-14(18)25-11/h3-10H,2H2,1H3,(H,19,21)(H,20,23)/b10-8+. The molecule has 0 saturated carbocycles. The number of fused-ring (bicyclic) bond motifs is 1. The van der Waals surface area contributed by atoms with Crippen LogP contribution >= 0.6 is 22.6 Å². The van der Waals surface area contributed by atoms with Crippen LogP contribution in [0.4, 0.5) is 5.95 Å². The molecule has 0 unspecified atom stereocenters. The number of carbonyl (C=O) groups is 1. The Morgan fingerprint density at radius 2 is 2.12 bits per heavy atom. The number of rotatable bonds is 5. The van der Waals surface area contributed by atoms with E-state index in [0.717, 1.165) is 3.77 Å². The summed E-state index contributed by atoms with van der Waals surface area (Å²) in [5, 5.41) is 0.536. The van der Waals surface area contributed by atoms with Gasteiger partial charge in [0, 0.05) is 12.6 Å². The van der Waals surface area contributed by atoms with Crippen LogP contribution in [0, 0.1) is 3.77 Å². The smallest absolute Gasteiger partial charge is 0.262 e. The van der Waals surface area contributed by atoms with Crippen LogP contribution in [-0.2, 0) is 11.3 Å². The summed E-state index contributed by atoms with van der Waals surface area (Å²) < 4.78 is 7.54. The largest absolute Gasteiger partial charge is 0.451 e. The van der Waals surface area contributed by atoms with E-state index in [9.17, 15) is 9.59 Å². The van der Waals surface area contributed by atoms with E-state index in [-0.39, 0.29) is 11.5 Å². The van der Waals surface area contributed by atoms with Gasteiger partial charge in [0.25, 0.3) is 11.5 Å². The van der Waals surface area contributed by atoms with E-state index >= 15 is 0 Å². The molecule has 2 heterocycles. The predicted molar refractivity (Wildman–Crippen MR) is 104 cm³/mol. The topological polar surface area (TPSA) is 89.2 Å². The zero-order chi connectivity index (χ0) is 17.8. The molecule has 0 bridgehead atoms. The van der Waals surface area contributed by atoms with Crippen molar-refractivity contribution in [3.05, 3.63) is 62.4 Å². The molecule has 0 spiro atoms. The van der Waals surface area contributed by atoms with E-state index < -0.39 is 5.91 Å². The molecular weight excluding hydrogens is 435 g/mol. The van der Waals surface area contributed by atoms with Crippen molar-refractivity contribution in [2.75, 3.05) is 5.43 Å². The molecule has 2 aromatic heterocycles. The molecule has 3 rings (SSSR count). The highest BCUT2D eigenvalue weighted by atomic mass is 127. The fourth-order valence-corrected chi connectivity index (χ4v) is 2.73. The van der Waals surface area contributed by atoms with Gasteiger partial charge in [0.05, 0.1) is 10.9 Å². The van der Waals surface area contributed by atoms with Crippen LogP contribution in [0.5, 0.6) is 0 Å². The number of aromatic nitrogens is 2. The first-order chi connectivity index (χ1) is 12.1. The molecule has 0 aliphatic rings. The van der Waals surface area contributed by atoms with Gasteiger partial charge in [0.15, 0.2) is 3.77 Å². The van der Waals surface area contributed by atoms with Crippen LogP contribution < -0.4 is 16.4 Å². The molecule has 2 N–H and O–H groups in total. The van der Waals surface area contributed by atoms with Crippen LogP contribution in [0.15, 0.2) is 51.7 Å². The van der Waals surface area contributed by atoms with E-state index in [4.69, 9.17) is 4.42 Å². The Morgan fingerprint density at radius 3 is 2.84 bits per heavy atom. The quantitative estimate of drug-likeness (QED) is 0.355. The molecular formula is C17H15IN4O3. The van der Waals surface area contributed by atoms with Gasteiger partial charge in [-0.3, -0.25) is 25.0 Å². The normalized spacial score (nSPS) is 11.1. The van der Waals surface area contributed by atoms with Crippen LogP contribution in [0.25, 0.3) is 17.0 Å². The number of hydrogen-bond donors (Lipinski definition) is 2. The Bertz CT molecular complexity index is 1010. The van der Waals surface area contributed by atoms with Crippen molar-refractivity contribution in [1.82, 2.24) is 15.0 Å². The number of amides is 1. The fourth-order valence-electron chi connectivity index (χ4n) is 2.29. The number of benzene rings is 1. The molecule has 0 saturated heterocycles. The molecule has 7 nitrogen and oxygen atoms in total. The fraction of sp³-hybridized carbons (Fsp3) is 0.118. The second-order valence-electron chi connectivity index (χ2n) is 5.09. The number of nitrogens with zero attached hydrogens (tertiary/aromatic N) is 2. The summed E-state index contributed by atoms with van der Waals surface area (Å²) in [6.07, 6.45) is 2.89. The molecule has 0 radical (unpaired) electrons. The Morgan fingerprint density at radius 1 is 1.32 bits per heavy atom. The number of para-hydroxylation sites is 1. The lowest BCUT2D eigenvalue weighted by atomic mass is 10.2. The number of anilines is 1. The van der Waals surface area contributed by atoms with E-state index in [0.29, 0.717) is 23.2 Å². The summed E-state index contributed by atoms with van der Waals surface area (Å²) in [5.41, 5.74) is 5.61. The summed E-state index contributed by atoms with van der Waals surface area (Å²) in [7, 11) is 0. The van der Waals surface area contributed by atoms with Gasteiger partial charge in [0.1, 0.15) is 5.76 Å². The third-order valence-corrected chi connectivity index (χ3v) is 4.05. The number of nitrogens with one attached hydrogen (secondary N) is 2. The first-order valence-electron chi connectivity index (χ1n) is 7.57. The molecule has 25 heavy (non-hydrogen) atoms. The number of halogens is 1. The molecule has 1 amide bonds. The summed E-state index contributed by atoms with van der Waals surface area (Å²) in [5.74, 6) is 0.464. The molecule has 1 aromatic carbocycles. The highest BCUT2D eigenvalue weighted by Crippen LogP contribution is 2.12. The van der Waals surface area contributed by atoms with Gasteiger partial charge in [-0.25, -0.2) is 4.98 Å². The minimum Gasteiger partial charge on any atom is -0.451 e. The SMILES string of the molecule is CCn1c(NNC(=O)/C=C/c2ccc(I)o2)nc2ccccc2c1=O. The van der Waals surface area contributed by atoms with Crippen molar-refractivity contribution in [3.8, 4) is 0 Å². The van der Waals surface area contributed by atoms with Gasteiger partial charge >= 0.3 is 0 Å². The maximum atomic E-state index is 12.5. The highest BCUT2D eigenvalue weighted by Gasteiger charge is 2.09. The molecule has 0 aliphatic carbocycles. The summed E-state index contributed by atoms with van der Waals surface area (Å²) in [6.45, 7) is 2.26. The van der Waals surface area contributed by atoms with Gasteiger partial charge in [-0.15, -0.1) is 0 Å². The van der Waals surface area contributed by atoms with E-state index in [1.54, 1.807) is 42.5 Å². The molecule has 3 aromatic rings. The van der Waals surface area contributed by atoms with Crippen molar-refractivity contribution < 1.29 is 9.21 Å². The lowest BCUT2D eigenvalue weighted by Crippen LogP contribution is -2.33. The van der Waals surface area contributed by atoms with E-state index in [1.165, 1.54) is 10.6 Å². The Labute approximate surface area is 156 Å². The second kappa shape index (κ2) is 7.51. The number of hydrazine groups is 1. The van der Waals surface area contributed by atoms with Crippen molar-refractivity contribution in [1.29, 1.82) is 0 Å². The van der Waals surface area contributed by atoms with Crippen LogP contribution in [0.3, 0.4) is 0 Å². The molecule has 8 heteroatoms. The number of carbonyl (C=O) groups excluding carboxylic acids is 1. The monoisotopic (exact) mass is 450 g/mol. The van der Waals surface area contributed by atoms with Gasteiger partial charge < -0.3 is 4.42 Å². The second-order valence-corrected chi connectivity index (χ2v) is 6.15. The molecule has 0 aliphatic heterocycles.